The maximum absolute atomic E-state index is 2.35. The van der Waals surface area contributed by atoms with Crippen molar-refractivity contribution in [3.8, 4) is 0 Å². The van der Waals surface area contributed by atoms with Gasteiger partial charge in [-0.05, 0) is 11.1 Å². The SMILES string of the molecule is C[S+](C)C=C(c1ccccc1)c1ccccc1. The van der Waals surface area contributed by atoms with Gasteiger partial charge in [-0.15, -0.1) is 0 Å². The van der Waals surface area contributed by atoms with Crippen LogP contribution in [0.4, 0.5) is 0 Å². The molecule has 0 unspecified atom stereocenters. The van der Waals surface area contributed by atoms with Gasteiger partial charge < -0.3 is 0 Å². The molecule has 0 atom stereocenters. The van der Waals surface area contributed by atoms with Crippen molar-refractivity contribution in [2.24, 2.45) is 0 Å². The Kier molecular flexibility index (Phi) is 4.05. The lowest BCUT2D eigenvalue weighted by Gasteiger charge is -2.06. The number of hydrogen-bond acceptors (Lipinski definition) is 0. The molecule has 0 amide bonds. The first-order valence-corrected chi connectivity index (χ1v) is 7.77. The Morgan fingerprint density at radius 3 is 1.53 bits per heavy atom. The Hall–Kier alpha value is -1.47. The molecule has 0 aliphatic heterocycles. The molecule has 0 aliphatic carbocycles. The summed E-state index contributed by atoms with van der Waals surface area (Å²) in [6, 6.07) is 21.2. The van der Waals surface area contributed by atoms with Crippen LogP contribution in [0.5, 0.6) is 0 Å². The van der Waals surface area contributed by atoms with Gasteiger partial charge in [-0.25, -0.2) is 0 Å². The second kappa shape index (κ2) is 5.74. The van der Waals surface area contributed by atoms with E-state index in [4.69, 9.17) is 0 Å². The van der Waals surface area contributed by atoms with Gasteiger partial charge >= 0.3 is 0 Å². The molecule has 0 bridgehead atoms. The summed E-state index contributed by atoms with van der Waals surface area (Å²) in [6.45, 7) is 0. The highest BCUT2D eigenvalue weighted by Gasteiger charge is 2.09. The topological polar surface area (TPSA) is 0 Å². The molecular weight excluding hydrogens is 224 g/mol. The lowest BCUT2D eigenvalue weighted by atomic mass is 10.00. The van der Waals surface area contributed by atoms with E-state index in [9.17, 15) is 0 Å². The van der Waals surface area contributed by atoms with E-state index >= 15 is 0 Å². The molecule has 0 saturated heterocycles. The van der Waals surface area contributed by atoms with Crippen LogP contribution in [-0.4, -0.2) is 12.5 Å². The maximum atomic E-state index is 2.35. The van der Waals surface area contributed by atoms with Crippen LogP contribution in [0.25, 0.3) is 5.57 Å². The van der Waals surface area contributed by atoms with Crippen LogP contribution < -0.4 is 0 Å². The summed E-state index contributed by atoms with van der Waals surface area (Å²) >= 11 is 0. The zero-order valence-electron chi connectivity index (χ0n) is 10.3. The summed E-state index contributed by atoms with van der Waals surface area (Å²) in [5.74, 6) is 0. The molecule has 0 spiro atoms. The lowest BCUT2D eigenvalue weighted by molar-refractivity contribution is 1.55. The summed E-state index contributed by atoms with van der Waals surface area (Å²) in [6.07, 6.45) is 4.48. The average Bonchev–Trinajstić information content (AvgIpc) is 2.38. The van der Waals surface area contributed by atoms with Crippen LogP contribution >= 0.6 is 0 Å². The van der Waals surface area contributed by atoms with Crippen LogP contribution in [0.1, 0.15) is 11.1 Å². The Morgan fingerprint density at radius 1 is 0.765 bits per heavy atom. The molecule has 0 heterocycles. The third kappa shape index (κ3) is 3.24. The van der Waals surface area contributed by atoms with Gasteiger partial charge in [-0.1, -0.05) is 60.7 Å². The zero-order valence-corrected chi connectivity index (χ0v) is 11.1. The molecule has 2 aromatic rings. The Labute approximate surface area is 106 Å². The Bertz CT molecular complexity index is 442. The molecule has 1 heteroatoms. The van der Waals surface area contributed by atoms with E-state index in [1.165, 1.54) is 16.7 Å². The van der Waals surface area contributed by atoms with Crippen molar-refractivity contribution in [1.82, 2.24) is 0 Å². The minimum atomic E-state index is 0.291. The molecule has 0 fully saturated rings. The predicted octanol–water partition coefficient (Wildman–Crippen LogP) is 3.95. The standard InChI is InChI=1S/C16H17S/c1-17(2)13-16(14-9-5-3-6-10-14)15-11-7-4-8-12-15/h3-13H,1-2H3/q+1. The molecule has 17 heavy (non-hydrogen) atoms. The van der Waals surface area contributed by atoms with E-state index in [0.29, 0.717) is 10.9 Å². The van der Waals surface area contributed by atoms with Crippen molar-refractivity contribution in [1.29, 1.82) is 0 Å². The Balaban J connectivity index is 2.47. The highest BCUT2D eigenvalue weighted by Crippen LogP contribution is 2.23. The quantitative estimate of drug-likeness (QED) is 0.714. The molecule has 0 radical (unpaired) electrons. The fourth-order valence-corrected chi connectivity index (χ4v) is 2.52. The van der Waals surface area contributed by atoms with Gasteiger partial charge in [0.05, 0.1) is 0 Å². The normalized spacial score (nSPS) is 10.3. The van der Waals surface area contributed by atoms with Crippen LogP contribution in [0.15, 0.2) is 66.1 Å². The van der Waals surface area contributed by atoms with Crippen molar-refractivity contribution in [2.45, 2.75) is 0 Å². The van der Waals surface area contributed by atoms with Crippen LogP contribution in [-0.2, 0) is 10.9 Å². The third-order valence-electron chi connectivity index (χ3n) is 2.52. The fourth-order valence-electron chi connectivity index (χ4n) is 1.77. The molecule has 86 valence electrons. The highest BCUT2D eigenvalue weighted by molar-refractivity contribution is 7.98. The second-order valence-corrected chi connectivity index (χ2v) is 6.14. The first-order chi connectivity index (χ1) is 8.27. The van der Waals surface area contributed by atoms with Crippen LogP contribution in [0, 0.1) is 0 Å². The molecule has 0 nitrogen and oxygen atoms in total. The van der Waals surface area contributed by atoms with Crippen molar-refractivity contribution in [3.63, 3.8) is 0 Å². The zero-order chi connectivity index (χ0) is 12.1. The molecule has 0 aromatic heterocycles. The van der Waals surface area contributed by atoms with E-state index in [2.05, 4.69) is 78.6 Å². The predicted molar refractivity (Wildman–Crippen MR) is 79.2 cm³/mol. The van der Waals surface area contributed by atoms with E-state index < -0.39 is 0 Å². The van der Waals surface area contributed by atoms with Gasteiger partial charge in [-0.2, -0.15) is 0 Å². The third-order valence-corrected chi connectivity index (χ3v) is 3.23. The van der Waals surface area contributed by atoms with Crippen molar-refractivity contribution < 1.29 is 0 Å². The molecule has 0 saturated carbocycles. The largest absolute Gasteiger partial charge is 0.127 e. The van der Waals surface area contributed by atoms with E-state index in [-0.39, 0.29) is 0 Å². The lowest BCUT2D eigenvalue weighted by Crippen LogP contribution is -1.94. The monoisotopic (exact) mass is 241 g/mol. The summed E-state index contributed by atoms with van der Waals surface area (Å²) in [7, 11) is 0.291. The van der Waals surface area contributed by atoms with Crippen LogP contribution in [0.3, 0.4) is 0 Å². The van der Waals surface area contributed by atoms with E-state index in [1.54, 1.807) is 0 Å². The minimum absolute atomic E-state index is 0.291. The van der Waals surface area contributed by atoms with Gasteiger partial charge in [0.2, 0.25) is 0 Å². The van der Waals surface area contributed by atoms with Crippen molar-refractivity contribution in [3.05, 3.63) is 77.2 Å². The van der Waals surface area contributed by atoms with Gasteiger partial charge in [0, 0.05) is 16.5 Å². The van der Waals surface area contributed by atoms with Gasteiger partial charge in [0.15, 0.2) is 0 Å². The number of rotatable bonds is 3. The van der Waals surface area contributed by atoms with Gasteiger partial charge in [0.1, 0.15) is 17.9 Å². The molecule has 0 aliphatic rings. The smallest absolute Gasteiger partial charge is 0.0622 e. The van der Waals surface area contributed by atoms with Gasteiger partial charge in [-0.3, -0.25) is 0 Å². The van der Waals surface area contributed by atoms with Crippen molar-refractivity contribution >= 4 is 16.5 Å². The summed E-state index contributed by atoms with van der Waals surface area (Å²) in [4.78, 5) is 0. The summed E-state index contributed by atoms with van der Waals surface area (Å²) in [5, 5.41) is 2.35. The van der Waals surface area contributed by atoms with Crippen molar-refractivity contribution in [2.75, 3.05) is 12.5 Å². The van der Waals surface area contributed by atoms with Crippen LogP contribution in [0.2, 0.25) is 0 Å². The Morgan fingerprint density at radius 2 is 1.18 bits per heavy atom. The number of hydrogen-bond donors (Lipinski definition) is 0. The van der Waals surface area contributed by atoms with Gasteiger partial charge in [0.25, 0.3) is 0 Å². The number of benzene rings is 2. The maximum Gasteiger partial charge on any atom is 0.127 e. The highest BCUT2D eigenvalue weighted by atomic mass is 32.2. The summed E-state index contributed by atoms with van der Waals surface area (Å²) < 4.78 is 0. The minimum Gasteiger partial charge on any atom is -0.0622 e. The fraction of sp³-hybridized carbons (Fsp3) is 0.125. The molecule has 2 rings (SSSR count). The molecular formula is C16H17S+. The second-order valence-electron chi connectivity index (χ2n) is 4.14. The first kappa shape index (κ1) is 12.0. The first-order valence-electron chi connectivity index (χ1n) is 5.66. The molecule has 2 aromatic carbocycles. The summed E-state index contributed by atoms with van der Waals surface area (Å²) in [5.41, 5.74) is 3.92. The van der Waals surface area contributed by atoms with E-state index in [1.807, 2.05) is 0 Å². The average molecular weight is 241 g/mol. The molecule has 0 N–H and O–H groups in total. The van der Waals surface area contributed by atoms with E-state index in [0.717, 1.165) is 0 Å².